The van der Waals surface area contributed by atoms with E-state index in [1.54, 1.807) is 0 Å². The van der Waals surface area contributed by atoms with Gasteiger partial charge in [-0.1, -0.05) is 73.5 Å². The van der Waals surface area contributed by atoms with E-state index in [-0.39, 0.29) is 17.2 Å². The van der Waals surface area contributed by atoms with Gasteiger partial charge in [0, 0.05) is 39.0 Å². The van der Waals surface area contributed by atoms with Gasteiger partial charge in [0.15, 0.2) is 0 Å². The molecule has 0 radical (unpaired) electrons. The number of hydrogen-bond donors (Lipinski definition) is 0. The van der Waals surface area contributed by atoms with Gasteiger partial charge in [-0.15, -0.1) is 0 Å². The van der Waals surface area contributed by atoms with Crippen LogP contribution in [-0.2, 0) is 19.9 Å². The number of piperidine rings is 1. The summed E-state index contributed by atoms with van der Waals surface area (Å²) in [5, 5.41) is 0. The van der Waals surface area contributed by atoms with Crippen LogP contribution in [0.4, 0.5) is 0 Å². The van der Waals surface area contributed by atoms with Crippen LogP contribution in [0.1, 0.15) is 56.1 Å². The first kappa shape index (κ1) is 22.3. The molecule has 33 heavy (non-hydrogen) atoms. The molecule has 5 heteroatoms. The quantitative estimate of drug-likeness (QED) is 0.641. The molecule has 0 N–H and O–H groups in total. The molecule has 1 aliphatic carbocycles. The highest BCUT2D eigenvalue weighted by molar-refractivity contribution is 5.98. The maximum atomic E-state index is 12.8. The third-order valence-corrected chi connectivity index (χ3v) is 7.97. The van der Waals surface area contributed by atoms with Gasteiger partial charge in [0.2, 0.25) is 11.8 Å². The maximum absolute atomic E-state index is 12.8. The van der Waals surface area contributed by atoms with Crippen LogP contribution >= 0.6 is 0 Å². The second-order valence-electron chi connectivity index (χ2n) is 10.00. The third-order valence-electron chi connectivity index (χ3n) is 7.97. The Hall–Kier alpha value is -2.50. The van der Waals surface area contributed by atoms with Crippen molar-refractivity contribution in [3.63, 3.8) is 0 Å². The minimum atomic E-state index is -0.483. The zero-order chi connectivity index (χ0) is 22.7. The summed E-state index contributed by atoms with van der Waals surface area (Å²) >= 11 is 0. The van der Waals surface area contributed by atoms with E-state index in [0.29, 0.717) is 32.5 Å². The second-order valence-corrected chi connectivity index (χ2v) is 10.00. The van der Waals surface area contributed by atoms with Gasteiger partial charge in [-0.25, -0.2) is 0 Å². The molecule has 2 saturated heterocycles. The van der Waals surface area contributed by atoms with Gasteiger partial charge in [0.25, 0.3) is 0 Å². The highest BCUT2D eigenvalue weighted by atomic mass is 16.5. The summed E-state index contributed by atoms with van der Waals surface area (Å²) in [5.41, 5.74) is 1.82. The van der Waals surface area contributed by atoms with Crippen LogP contribution in [0.25, 0.3) is 0 Å². The molecular weight excluding hydrogens is 412 g/mol. The zero-order valence-corrected chi connectivity index (χ0v) is 19.4. The number of ether oxygens (including phenoxy) is 1. The molecule has 2 amide bonds. The Morgan fingerprint density at radius 2 is 1.30 bits per heavy atom. The molecule has 1 saturated carbocycles. The molecule has 0 unspecified atom stereocenters. The third kappa shape index (κ3) is 4.49. The summed E-state index contributed by atoms with van der Waals surface area (Å²) in [6.45, 7) is 3.44. The predicted octanol–water partition coefficient (Wildman–Crippen LogP) is 4.36. The lowest BCUT2D eigenvalue weighted by Gasteiger charge is -2.38. The average Bonchev–Trinajstić information content (AvgIpc) is 3.16. The van der Waals surface area contributed by atoms with Crippen molar-refractivity contribution in [2.24, 2.45) is 5.41 Å². The van der Waals surface area contributed by atoms with Crippen LogP contribution in [0, 0.1) is 5.41 Å². The minimum absolute atomic E-state index is 0.0298. The number of likely N-dealkylation sites (tertiary alicyclic amines) is 1. The molecule has 1 spiro atoms. The minimum Gasteiger partial charge on any atom is -0.364 e. The lowest BCUT2D eigenvalue weighted by atomic mass is 9.76. The smallest absolute Gasteiger partial charge is 0.229 e. The van der Waals surface area contributed by atoms with Crippen molar-refractivity contribution >= 4 is 11.8 Å². The molecule has 2 aromatic carbocycles. The average molecular weight is 447 g/mol. The van der Waals surface area contributed by atoms with E-state index in [4.69, 9.17) is 4.74 Å². The first-order valence-corrected chi connectivity index (χ1v) is 12.4. The normalized spacial score (nSPS) is 23.1. The Morgan fingerprint density at radius 1 is 0.727 bits per heavy atom. The van der Waals surface area contributed by atoms with Gasteiger partial charge >= 0.3 is 0 Å². The van der Waals surface area contributed by atoms with Crippen LogP contribution in [0.5, 0.6) is 0 Å². The first-order chi connectivity index (χ1) is 16.1. The lowest BCUT2D eigenvalue weighted by Crippen LogP contribution is -2.49. The van der Waals surface area contributed by atoms with E-state index in [2.05, 4.69) is 53.4 Å². The summed E-state index contributed by atoms with van der Waals surface area (Å²) in [5.74, 6) is 0.0595. The van der Waals surface area contributed by atoms with E-state index >= 15 is 0 Å². The molecule has 2 aromatic rings. The standard InChI is InChI=1S/C28H34N2O3/c31-25-21-27(13-7-8-14-27)22-26(32)30(25)18-17-29-16-15-28(33-20-19-29,23-9-3-1-4-10-23)24-11-5-2-6-12-24/h1-6,9-12H,7-8,13-22H2. The van der Waals surface area contributed by atoms with Gasteiger partial charge in [-0.2, -0.15) is 0 Å². The Morgan fingerprint density at radius 3 is 1.88 bits per heavy atom. The Bertz CT molecular complexity index is 910. The summed E-state index contributed by atoms with van der Waals surface area (Å²) in [6, 6.07) is 20.9. The molecule has 3 aliphatic rings. The van der Waals surface area contributed by atoms with Crippen LogP contribution < -0.4 is 0 Å². The van der Waals surface area contributed by atoms with Crippen LogP contribution in [0.15, 0.2) is 60.7 Å². The number of imide groups is 1. The second kappa shape index (κ2) is 9.40. The first-order valence-electron chi connectivity index (χ1n) is 12.4. The Kier molecular flexibility index (Phi) is 6.35. The summed E-state index contributed by atoms with van der Waals surface area (Å²) in [7, 11) is 0. The molecular formula is C28H34N2O3. The van der Waals surface area contributed by atoms with E-state index in [1.807, 2.05) is 12.1 Å². The van der Waals surface area contributed by atoms with Gasteiger partial charge in [0.05, 0.1) is 6.61 Å². The van der Waals surface area contributed by atoms with E-state index in [1.165, 1.54) is 16.0 Å². The van der Waals surface area contributed by atoms with Crippen molar-refractivity contribution in [2.45, 2.75) is 50.5 Å². The SMILES string of the molecule is O=C1CC2(CCCC2)CC(=O)N1CCN1CCOC(c2ccccc2)(c2ccccc2)CC1. The monoisotopic (exact) mass is 446 g/mol. The van der Waals surface area contributed by atoms with E-state index in [0.717, 1.165) is 45.2 Å². The summed E-state index contributed by atoms with van der Waals surface area (Å²) < 4.78 is 6.60. The molecule has 174 valence electrons. The van der Waals surface area contributed by atoms with Gasteiger partial charge < -0.3 is 4.74 Å². The van der Waals surface area contributed by atoms with Crippen molar-refractivity contribution < 1.29 is 14.3 Å². The lowest BCUT2D eigenvalue weighted by molar-refractivity contribution is -0.153. The number of amides is 2. The largest absolute Gasteiger partial charge is 0.364 e. The van der Waals surface area contributed by atoms with E-state index < -0.39 is 5.60 Å². The topological polar surface area (TPSA) is 49.9 Å². The molecule has 0 aromatic heterocycles. The van der Waals surface area contributed by atoms with Crippen molar-refractivity contribution in [1.82, 2.24) is 9.80 Å². The summed E-state index contributed by atoms with van der Waals surface area (Å²) in [4.78, 5) is 29.5. The fourth-order valence-electron chi connectivity index (χ4n) is 6.11. The molecule has 0 bridgehead atoms. The van der Waals surface area contributed by atoms with Crippen molar-refractivity contribution in [1.29, 1.82) is 0 Å². The summed E-state index contributed by atoms with van der Waals surface area (Å²) in [6.07, 6.45) is 6.29. The molecule has 0 atom stereocenters. The van der Waals surface area contributed by atoms with Gasteiger partial charge in [0.1, 0.15) is 5.60 Å². The van der Waals surface area contributed by atoms with Crippen molar-refractivity contribution in [3.8, 4) is 0 Å². The number of benzene rings is 2. The number of rotatable bonds is 5. The number of carbonyl (C=O) groups excluding carboxylic acids is 2. The highest BCUT2D eigenvalue weighted by Crippen LogP contribution is 2.47. The Balaban J connectivity index is 1.26. The van der Waals surface area contributed by atoms with Crippen LogP contribution in [0.3, 0.4) is 0 Å². The molecule has 3 fully saturated rings. The molecule has 5 rings (SSSR count). The molecule has 2 aliphatic heterocycles. The molecule has 5 nitrogen and oxygen atoms in total. The molecule has 2 heterocycles. The van der Waals surface area contributed by atoms with E-state index in [9.17, 15) is 9.59 Å². The van der Waals surface area contributed by atoms with Crippen LogP contribution in [-0.4, -0.2) is 54.4 Å². The number of carbonyl (C=O) groups is 2. The Labute approximate surface area is 196 Å². The van der Waals surface area contributed by atoms with Gasteiger partial charge in [-0.05, 0) is 35.8 Å². The highest BCUT2D eigenvalue weighted by Gasteiger charge is 2.45. The number of hydrogen-bond acceptors (Lipinski definition) is 4. The van der Waals surface area contributed by atoms with Crippen molar-refractivity contribution in [3.05, 3.63) is 71.8 Å². The predicted molar refractivity (Wildman–Crippen MR) is 128 cm³/mol. The number of nitrogens with zero attached hydrogens (tertiary/aromatic N) is 2. The zero-order valence-electron chi connectivity index (χ0n) is 19.4. The fourth-order valence-corrected chi connectivity index (χ4v) is 6.11. The maximum Gasteiger partial charge on any atom is 0.229 e. The van der Waals surface area contributed by atoms with Crippen LogP contribution in [0.2, 0.25) is 0 Å². The van der Waals surface area contributed by atoms with Crippen molar-refractivity contribution in [2.75, 3.05) is 32.8 Å². The fraction of sp³-hybridized carbons (Fsp3) is 0.500. The van der Waals surface area contributed by atoms with Gasteiger partial charge in [-0.3, -0.25) is 19.4 Å².